The Labute approximate surface area is 130 Å². The molecule has 22 heavy (non-hydrogen) atoms. The summed E-state index contributed by atoms with van der Waals surface area (Å²) in [6.45, 7) is 5.65. The molecule has 0 spiro atoms. The van der Waals surface area contributed by atoms with Gasteiger partial charge in [0, 0.05) is 44.0 Å². The van der Waals surface area contributed by atoms with E-state index >= 15 is 0 Å². The van der Waals surface area contributed by atoms with Gasteiger partial charge in [0.05, 0.1) is 5.60 Å². The van der Waals surface area contributed by atoms with E-state index in [0.29, 0.717) is 6.04 Å². The Morgan fingerprint density at radius 3 is 2.68 bits per heavy atom. The molecule has 2 aliphatic rings. The summed E-state index contributed by atoms with van der Waals surface area (Å²) in [6, 6.07) is 4.62. The summed E-state index contributed by atoms with van der Waals surface area (Å²) in [5, 5.41) is 3.61. The fourth-order valence-electron chi connectivity index (χ4n) is 3.36. The van der Waals surface area contributed by atoms with Crippen molar-refractivity contribution in [1.82, 2.24) is 5.32 Å². The Morgan fingerprint density at radius 2 is 2.05 bits per heavy atom. The van der Waals surface area contributed by atoms with Crippen LogP contribution in [0.1, 0.15) is 32.6 Å². The van der Waals surface area contributed by atoms with Crippen LogP contribution >= 0.6 is 0 Å². The molecule has 2 heterocycles. The molecule has 1 N–H and O–H groups in total. The van der Waals surface area contributed by atoms with E-state index in [1.165, 1.54) is 12.1 Å². The van der Waals surface area contributed by atoms with Crippen LogP contribution in [-0.4, -0.2) is 37.9 Å². The van der Waals surface area contributed by atoms with Crippen molar-refractivity contribution in [1.29, 1.82) is 0 Å². The SMILES string of the molecule is C[C@@]1(CNC2CCN(c3ccc(F)c(F)c3)CC2)CCCO1. The summed E-state index contributed by atoms with van der Waals surface area (Å²) in [5.41, 5.74) is 0.750. The molecule has 2 aliphatic heterocycles. The van der Waals surface area contributed by atoms with Crippen LogP contribution in [0.15, 0.2) is 18.2 Å². The highest BCUT2D eigenvalue weighted by atomic mass is 19.2. The standard InChI is InChI=1S/C17H24F2N2O/c1-17(7-2-10-22-17)12-20-13-5-8-21(9-6-13)14-3-4-15(18)16(19)11-14/h3-4,11,13,20H,2,5-10,12H2,1H3/t17-/m0/s1. The maximum atomic E-state index is 13.3. The zero-order valence-corrected chi connectivity index (χ0v) is 13.1. The second-order valence-electron chi connectivity index (χ2n) is 6.64. The number of nitrogens with one attached hydrogen (secondary N) is 1. The molecule has 0 saturated carbocycles. The van der Waals surface area contributed by atoms with E-state index in [4.69, 9.17) is 4.74 Å². The van der Waals surface area contributed by atoms with E-state index < -0.39 is 11.6 Å². The average Bonchev–Trinajstić information content (AvgIpc) is 2.96. The Hall–Kier alpha value is -1.20. The molecular formula is C17H24F2N2O. The molecule has 0 amide bonds. The molecule has 1 atom stereocenters. The molecule has 2 fully saturated rings. The fourth-order valence-corrected chi connectivity index (χ4v) is 3.36. The fraction of sp³-hybridized carbons (Fsp3) is 0.647. The van der Waals surface area contributed by atoms with Gasteiger partial charge in [0.15, 0.2) is 11.6 Å². The number of rotatable bonds is 4. The monoisotopic (exact) mass is 310 g/mol. The lowest BCUT2D eigenvalue weighted by Gasteiger charge is -2.35. The number of halogens is 2. The van der Waals surface area contributed by atoms with Crippen LogP contribution in [-0.2, 0) is 4.74 Å². The summed E-state index contributed by atoms with van der Waals surface area (Å²) >= 11 is 0. The lowest BCUT2D eigenvalue weighted by Crippen LogP contribution is -2.47. The topological polar surface area (TPSA) is 24.5 Å². The molecule has 5 heteroatoms. The van der Waals surface area contributed by atoms with Crippen molar-refractivity contribution >= 4 is 5.69 Å². The van der Waals surface area contributed by atoms with E-state index in [9.17, 15) is 8.78 Å². The van der Waals surface area contributed by atoms with Gasteiger partial charge >= 0.3 is 0 Å². The van der Waals surface area contributed by atoms with Gasteiger partial charge in [-0.3, -0.25) is 0 Å². The van der Waals surface area contributed by atoms with Crippen LogP contribution in [0, 0.1) is 11.6 Å². The number of hydrogen-bond donors (Lipinski definition) is 1. The van der Waals surface area contributed by atoms with Crippen molar-refractivity contribution in [2.75, 3.05) is 31.1 Å². The van der Waals surface area contributed by atoms with E-state index in [1.807, 2.05) is 0 Å². The van der Waals surface area contributed by atoms with Crippen molar-refractivity contribution in [3.63, 3.8) is 0 Å². The Morgan fingerprint density at radius 1 is 1.27 bits per heavy atom. The zero-order valence-electron chi connectivity index (χ0n) is 13.1. The summed E-state index contributed by atoms with van der Waals surface area (Å²) in [5.74, 6) is -1.56. The Bertz CT molecular complexity index is 509. The summed E-state index contributed by atoms with van der Waals surface area (Å²) in [7, 11) is 0. The van der Waals surface area contributed by atoms with Crippen molar-refractivity contribution in [3.8, 4) is 0 Å². The molecule has 1 aromatic carbocycles. The van der Waals surface area contributed by atoms with Gasteiger partial charge < -0.3 is 15.0 Å². The Kier molecular flexibility index (Phi) is 4.64. The highest BCUT2D eigenvalue weighted by Crippen LogP contribution is 2.25. The minimum Gasteiger partial charge on any atom is -0.374 e. The molecule has 2 saturated heterocycles. The van der Waals surface area contributed by atoms with E-state index in [-0.39, 0.29) is 5.60 Å². The summed E-state index contributed by atoms with van der Waals surface area (Å²) in [4.78, 5) is 2.12. The summed E-state index contributed by atoms with van der Waals surface area (Å²) in [6.07, 6.45) is 4.28. The first-order chi connectivity index (χ1) is 10.6. The molecule has 0 aliphatic carbocycles. The van der Waals surface area contributed by atoms with Gasteiger partial charge in [0.25, 0.3) is 0 Å². The first kappa shape index (κ1) is 15.7. The highest BCUT2D eigenvalue weighted by Gasteiger charge is 2.30. The van der Waals surface area contributed by atoms with Gasteiger partial charge in [-0.1, -0.05) is 0 Å². The van der Waals surface area contributed by atoms with Gasteiger partial charge in [-0.25, -0.2) is 8.78 Å². The quantitative estimate of drug-likeness (QED) is 0.925. The van der Waals surface area contributed by atoms with Crippen LogP contribution in [0.5, 0.6) is 0 Å². The van der Waals surface area contributed by atoms with E-state index in [2.05, 4.69) is 17.1 Å². The second-order valence-corrected chi connectivity index (χ2v) is 6.64. The number of nitrogens with zero attached hydrogens (tertiary/aromatic N) is 1. The first-order valence-corrected chi connectivity index (χ1v) is 8.13. The lowest BCUT2D eigenvalue weighted by molar-refractivity contribution is 0.0181. The minimum absolute atomic E-state index is 0.0166. The average molecular weight is 310 g/mol. The molecule has 0 bridgehead atoms. The van der Waals surface area contributed by atoms with Crippen LogP contribution in [0.3, 0.4) is 0 Å². The van der Waals surface area contributed by atoms with Gasteiger partial charge in [-0.2, -0.15) is 0 Å². The number of ether oxygens (including phenoxy) is 1. The molecule has 3 rings (SSSR count). The summed E-state index contributed by atoms with van der Waals surface area (Å²) < 4.78 is 32.1. The molecule has 0 aromatic heterocycles. The lowest BCUT2D eigenvalue weighted by atomic mass is 10.00. The molecule has 1 aromatic rings. The number of piperidine rings is 1. The maximum absolute atomic E-state index is 13.3. The Balaban J connectivity index is 1.48. The molecule has 3 nitrogen and oxygen atoms in total. The highest BCUT2D eigenvalue weighted by molar-refractivity contribution is 5.47. The van der Waals surface area contributed by atoms with Crippen LogP contribution in [0.4, 0.5) is 14.5 Å². The van der Waals surface area contributed by atoms with Gasteiger partial charge in [-0.05, 0) is 44.7 Å². The molecule has 0 unspecified atom stereocenters. The smallest absolute Gasteiger partial charge is 0.160 e. The third-order valence-electron chi connectivity index (χ3n) is 4.83. The number of benzene rings is 1. The minimum atomic E-state index is -0.787. The second kappa shape index (κ2) is 6.50. The zero-order chi connectivity index (χ0) is 15.6. The van der Waals surface area contributed by atoms with E-state index in [0.717, 1.165) is 57.6 Å². The van der Waals surface area contributed by atoms with Gasteiger partial charge in [-0.15, -0.1) is 0 Å². The number of hydrogen-bond acceptors (Lipinski definition) is 3. The third-order valence-corrected chi connectivity index (χ3v) is 4.83. The van der Waals surface area contributed by atoms with Gasteiger partial charge in [0.2, 0.25) is 0 Å². The van der Waals surface area contributed by atoms with Gasteiger partial charge in [0.1, 0.15) is 0 Å². The van der Waals surface area contributed by atoms with Crippen LogP contribution in [0.2, 0.25) is 0 Å². The number of anilines is 1. The molecular weight excluding hydrogens is 286 g/mol. The van der Waals surface area contributed by atoms with Crippen molar-refractivity contribution in [2.45, 2.75) is 44.2 Å². The van der Waals surface area contributed by atoms with Crippen molar-refractivity contribution in [2.24, 2.45) is 0 Å². The molecule has 122 valence electrons. The van der Waals surface area contributed by atoms with E-state index in [1.54, 1.807) is 6.07 Å². The van der Waals surface area contributed by atoms with Crippen LogP contribution in [0.25, 0.3) is 0 Å². The first-order valence-electron chi connectivity index (χ1n) is 8.13. The maximum Gasteiger partial charge on any atom is 0.160 e. The third kappa shape index (κ3) is 3.58. The largest absolute Gasteiger partial charge is 0.374 e. The van der Waals surface area contributed by atoms with Crippen molar-refractivity contribution in [3.05, 3.63) is 29.8 Å². The van der Waals surface area contributed by atoms with Crippen molar-refractivity contribution < 1.29 is 13.5 Å². The molecule has 0 radical (unpaired) electrons. The predicted octanol–water partition coefficient (Wildman–Crippen LogP) is 3.09. The van der Waals surface area contributed by atoms with Crippen LogP contribution < -0.4 is 10.2 Å². The predicted molar refractivity (Wildman–Crippen MR) is 83.2 cm³/mol. The normalized spacial score (nSPS) is 26.6.